The molecule has 0 aliphatic rings. The van der Waals surface area contributed by atoms with E-state index in [1.165, 1.54) is 6.21 Å². The minimum atomic E-state index is -0.359. The summed E-state index contributed by atoms with van der Waals surface area (Å²) in [5, 5.41) is 5.41. The van der Waals surface area contributed by atoms with Crippen LogP contribution in [-0.2, 0) is 6.61 Å². The maximum atomic E-state index is 12.1. The zero-order valence-electron chi connectivity index (χ0n) is 15.9. The molecule has 3 rings (SSSR count). The number of halogens is 3. The van der Waals surface area contributed by atoms with Crippen LogP contribution >= 0.6 is 34.8 Å². The number of nitrogens with one attached hydrogen (secondary N) is 1. The molecule has 0 radical (unpaired) electrons. The molecule has 3 aromatic carbocycles. The van der Waals surface area contributed by atoms with E-state index in [4.69, 9.17) is 44.3 Å². The second-order valence-electron chi connectivity index (χ2n) is 6.16. The Morgan fingerprint density at radius 1 is 1.00 bits per heavy atom. The van der Waals surface area contributed by atoms with Gasteiger partial charge in [0.25, 0.3) is 5.91 Å². The smallest absolute Gasteiger partial charge is 0.271 e. The molecule has 0 aromatic heterocycles. The molecule has 0 fully saturated rings. The summed E-state index contributed by atoms with van der Waals surface area (Å²) in [4.78, 5) is 12.1. The second kappa shape index (κ2) is 10.3. The van der Waals surface area contributed by atoms with Crippen LogP contribution in [0.25, 0.3) is 0 Å². The van der Waals surface area contributed by atoms with E-state index in [0.29, 0.717) is 38.7 Å². The largest absolute Gasteiger partial charge is 0.493 e. The van der Waals surface area contributed by atoms with E-state index in [0.717, 1.165) is 11.1 Å². The summed E-state index contributed by atoms with van der Waals surface area (Å²) in [5.41, 5.74) is 4.48. The summed E-state index contributed by atoms with van der Waals surface area (Å²) in [6.45, 7) is 0.302. The van der Waals surface area contributed by atoms with E-state index in [-0.39, 0.29) is 5.91 Å². The first kappa shape index (κ1) is 22.0. The van der Waals surface area contributed by atoms with Crippen LogP contribution in [0.5, 0.6) is 11.5 Å². The first-order valence-electron chi connectivity index (χ1n) is 8.80. The number of methoxy groups -OCH3 is 1. The lowest BCUT2D eigenvalue weighted by Gasteiger charge is -2.11. The average Bonchev–Trinajstić information content (AvgIpc) is 2.75. The highest BCUT2D eigenvalue weighted by Crippen LogP contribution is 2.29. The first-order chi connectivity index (χ1) is 14.5. The molecule has 0 saturated heterocycles. The van der Waals surface area contributed by atoms with E-state index >= 15 is 0 Å². The third-order valence-corrected chi connectivity index (χ3v) is 5.01. The molecule has 0 aliphatic heterocycles. The lowest BCUT2D eigenvalue weighted by atomic mass is 10.2. The molecule has 3 aromatic rings. The predicted molar refractivity (Wildman–Crippen MR) is 120 cm³/mol. The number of nitrogens with zero attached hydrogens (tertiary/aromatic N) is 1. The van der Waals surface area contributed by atoms with Crippen molar-refractivity contribution in [3.63, 3.8) is 0 Å². The molecule has 0 aliphatic carbocycles. The van der Waals surface area contributed by atoms with Gasteiger partial charge < -0.3 is 9.47 Å². The highest BCUT2D eigenvalue weighted by Gasteiger charge is 2.08. The van der Waals surface area contributed by atoms with E-state index in [9.17, 15) is 4.79 Å². The van der Waals surface area contributed by atoms with Crippen LogP contribution in [0.4, 0.5) is 0 Å². The van der Waals surface area contributed by atoms with Crippen molar-refractivity contribution >= 4 is 46.9 Å². The number of hydrazone groups is 1. The number of carbonyl (C=O) groups is 1. The van der Waals surface area contributed by atoms with Gasteiger partial charge in [0.15, 0.2) is 11.5 Å². The third-order valence-electron chi connectivity index (χ3n) is 4.03. The number of benzene rings is 3. The van der Waals surface area contributed by atoms with Gasteiger partial charge in [0.1, 0.15) is 6.61 Å². The molecule has 0 heterocycles. The van der Waals surface area contributed by atoms with Crippen molar-refractivity contribution in [3.05, 3.63) is 92.4 Å². The lowest BCUT2D eigenvalue weighted by molar-refractivity contribution is 0.0955. The number of hydrogen-bond donors (Lipinski definition) is 1. The Hall–Kier alpha value is -2.73. The number of rotatable bonds is 7. The SMILES string of the molecule is COc1cc(/C=N\NC(=O)c2cccc(Cl)c2)ccc1OCc1ccc(Cl)c(Cl)c1. The van der Waals surface area contributed by atoms with Crippen molar-refractivity contribution in [2.24, 2.45) is 5.10 Å². The Kier molecular flexibility index (Phi) is 7.57. The molecule has 0 bridgehead atoms. The number of ether oxygens (including phenoxy) is 2. The molecule has 8 heteroatoms. The fraction of sp³-hybridized carbons (Fsp3) is 0.0909. The molecule has 1 N–H and O–H groups in total. The van der Waals surface area contributed by atoms with Crippen molar-refractivity contribution in [2.45, 2.75) is 6.61 Å². The highest BCUT2D eigenvalue weighted by molar-refractivity contribution is 6.42. The summed E-state index contributed by atoms with van der Waals surface area (Å²) in [6.07, 6.45) is 1.51. The van der Waals surface area contributed by atoms with Gasteiger partial charge in [-0.3, -0.25) is 4.79 Å². The van der Waals surface area contributed by atoms with Gasteiger partial charge in [-0.15, -0.1) is 0 Å². The molecular weight excluding hydrogens is 447 g/mol. The summed E-state index contributed by atoms with van der Waals surface area (Å²) >= 11 is 17.8. The molecule has 0 spiro atoms. The highest BCUT2D eigenvalue weighted by atomic mass is 35.5. The normalized spacial score (nSPS) is 10.8. The van der Waals surface area contributed by atoms with Crippen molar-refractivity contribution in [3.8, 4) is 11.5 Å². The van der Waals surface area contributed by atoms with Gasteiger partial charge in [-0.1, -0.05) is 46.9 Å². The standard InChI is InChI=1S/C22H17Cl3N2O3/c1-29-21-10-14(12-26-27-22(28)16-3-2-4-17(23)11-16)6-8-20(21)30-13-15-5-7-18(24)19(25)9-15/h2-12H,13H2,1H3,(H,27,28)/b26-12-. The van der Waals surface area contributed by atoms with Crippen molar-refractivity contribution in [1.82, 2.24) is 5.43 Å². The average molecular weight is 464 g/mol. The molecule has 5 nitrogen and oxygen atoms in total. The summed E-state index contributed by atoms with van der Waals surface area (Å²) in [5.74, 6) is 0.728. The van der Waals surface area contributed by atoms with Gasteiger partial charge in [0, 0.05) is 10.6 Å². The van der Waals surface area contributed by atoms with Gasteiger partial charge in [0.2, 0.25) is 0 Å². The summed E-state index contributed by atoms with van der Waals surface area (Å²) < 4.78 is 11.2. The van der Waals surface area contributed by atoms with Crippen molar-refractivity contribution in [2.75, 3.05) is 7.11 Å². The van der Waals surface area contributed by atoms with Crippen LogP contribution < -0.4 is 14.9 Å². The van der Waals surface area contributed by atoms with E-state index in [1.54, 1.807) is 61.7 Å². The predicted octanol–water partition coefficient (Wildman–Crippen LogP) is 6.00. The van der Waals surface area contributed by atoms with E-state index < -0.39 is 0 Å². The molecule has 0 unspecified atom stereocenters. The zero-order valence-corrected chi connectivity index (χ0v) is 18.1. The summed E-state index contributed by atoms with van der Waals surface area (Å²) in [6, 6.07) is 17.2. The van der Waals surface area contributed by atoms with Gasteiger partial charge in [-0.05, 0) is 59.7 Å². The molecule has 154 valence electrons. The Balaban J connectivity index is 1.63. The van der Waals surface area contributed by atoms with E-state index in [1.807, 2.05) is 6.07 Å². The van der Waals surface area contributed by atoms with Crippen LogP contribution in [0.1, 0.15) is 21.5 Å². The molecule has 30 heavy (non-hydrogen) atoms. The minimum Gasteiger partial charge on any atom is -0.493 e. The lowest BCUT2D eigenvalue weighted by Crippen LogP contribution is -2.17. The first-order valence-corrected chi connectivity index (χ1v) is 9.93. The van der Waals surface area contributed by atoms with Crippen LogP contribution in [0.15, 0.2) is 65.8 Å². The van der Waals surface area contributed by atoms with Crippen LogP contribution in [-0.4, -0.2) is 19.2 Å². The number of hydrogen-bond acceptors (Lipinski definition) is 4. The topological polar surface area (TPSA) is 59.9 Å². The maximum Gasteiger partial charge on any atom is 0.271 e. The third kappa shape index (κ3) is 5.89. The zero-order chi connectivity index (χ0) is 21.5. The maximum absolute atomic E-state index is 12.1. The monoisotopic (exact) mass is 462 g/mol. The molecule has 0 saturated carbocycles. The fourth-order valence-electron chi connectivity index (χ4n) is 2.53. The van der Waals surface area contributed by atoms with Crippen LogP contribution in [0.3, 0.4) is 0 Å². The molecular formula is C22H17Cl3N2O3. The van der Waals surface area contributed by atoms with Gasteiger partial charge >= 0.3 is 0 Å². The fourth-order valence-corrected chi connectivity index (χ4v) is 3.04. The van der Waals surface area contributed by atoms with Gasteiger partial charge in [0.05, 0.1) is 23.4 Å². The van der Waals surface area contributed by atoms with E-state index in [2.05, 4.69) is 10.5 Å². The number of amides is 1. The number of carbonyl (C=O) groups excluding carboxylic acids is 1. The second-order valence-corrected chi connectivity index (χ2v) is 7.41. The minimum absolute atomic E-state index is 0.302. The Morgan fingerprint density at radius 2 is 1.83 bits per heavy atom. The Labute approximate surface area is 189 Å². The van der Waals surface area contributed by atoms with Crippen LogP contribution in [0.2, 0.25) is 15.1 Å². The van der Waals surface area contributed by atoms with Gasteiger partial charge in [-0.25, -0.2) is 5.43 Å². The van der Waals surface area contributed by atoms with Crippen LogP contribution in [0, 0.1) is 0 Å². The van der Waals surface area contributed by atoms with Crippen molar-refractivity contribution < 1.29 is 14.3 Å². The molecule has 1 amide bonds. The summed E-state index contributed by atoms with van der Waals surface area (Å²) in [7, 11) is 1.54. The van der Waals surface area contributed by atoms with Crippen molar-refractivity contribution in [1.29, 1.82) is 0 Å². The molecule has 0 atom stereocenters. The van der Waals surface area contributed by atoms with Gasteiger partial charge in [-0.2, -0.15) is 5.10 Å². The Morgan fingerprint density at radius 3 is 2.57 bits per heavy atom. The quantitative estimate of drug-likeness (QED) is 0.345. The Bertz CT molecular complexity index is 1090.